The molecular weight excluding hydrogens is 192 g/mol. The molecule has 2 heteroatoms. The van der Waals surface area contributed by atoms with Crippen LogP contribution in [0.4, 0.5) is 0 Å². The second-order valence-corrected chi connectivity index (χ2v) is 5.01. The Balaban J connectivity index is 3.00. The van der Waals surface area contributed by atoms with E-state index in [1.807, 2.05) is 6.92 Å². The van der Waals surface area contributed by atoms with Crippen LogP contribution in [0.2, 0.25) is 0 Å². The summed E-state index contributed by atoms with van der Waals surface area (Å²) < 4.78 is 0. The Labute approximate surface area is 90.8 Å². The second kappa shape index (κ2) is 4.45. The Hall–Kier alpha value is -0.340. The molecule has 1 unspecified atom stereocenters. The molecule has 1 aromatic rings. The zero-order valence-corrected chi connectivity index (χ0v) is 10.3. The van der Waals surface area contributed by atoms with Crippen LogP contribution in [0.15, 0.2) is 11.4 Å². The van der Waals surface area contributed by atoms with Gasteiger partial charge in [-0.2, -0.15) is 0 Å². The van der Waals surface area contributed by atoms with Crippen LogP contribution in [-0.4, -0.2) is 5.11 Å². The highest BCUT2D eigenvalue weighted by molar-refractivity contribution is 7.10. The van der Waals surface area contributed by atoms with Gasteiger partial charge in [-0.15, -0.1) is 11.3 Å². The maximum absolute atomic E-state index is 10.5. The minimum atomic E-state index is -0.651. The van der Waals surface area contributed by atoms with E-state index < -0.39 is 5.60 Å². The summed E-state index contributed by atoms with van der Waals surface area (Å²) in [6, 6.07) is 2.08. The van der Waals surface area contributed by atoms with Gasteiger partial charge in [-0.05, 0) is 36.8 Å². The van der Waals surface area contributed by atoms with E-state index in [0.717, 1.165) is 17.7 Å². The van der Waals surface area contributed by atoms with Crippen LogP contribution < -0.4 is 0 Å². The highest BCUT2D eigenvalue weighted by atomic mass is 32.1. The first-order valence-corrected chi connectivity index (χ1v) is 6.18. The van der Waals surface area contributed by atoms with E-state index in [9.17, 15) is 5.11 Å². The molecule has 1 heterocycles. The first-order valence-electron chi connectivity index (χ1n) is 5.30. The second-order valence-electron chi connectivity index (χ2n) is 4.09. The maximum Gasteiger partial charge on any atom is 0.0990 e. The van der Waals surface area contributed by atoms with Crippen molar-refractivity contribution < 1.29 is 5.11 Å². The van der Waals surface area contributed by atoms with Crippen LogP contribution in [0.5, 0.6) is 0 Å². The zero-order valence-electron chi connectivity index (χ0n) is 9.50. The largest absolute Gasteiger partial charge is 0.384 e. The summed E-state index contributed by atoms with van der Waals surface area (Å²) in [6.45, 7) is 8.31. The minimum Gasteiger partial charge on any atom is -0.384 e. The summed E-state index contributed by atoms with van der Waals surface area (Å²) in [5, 5.41) is 12.6. The number of rotatable bonds is 4. The highest BCUT2D eigenvalue weighted by Gasteiger charge is 2.33. The van der Waals surface area contributed by atoms with Gasteiger partial charge in [0.2, 0.25) is 0 Å². The number of thiophene rings is 1. The molecule has 80 valence electrons. The Kier molecular flexibility index (Phi) is 3.73. The van der Waals surface area contributed by atoms with Crippen LogP contribution in [0, 0.1) is 12.8 Å². The lowest BCUT2D eigenvalue weighted by atomic mass is 9.83. The molecule has 1 atom stereocenters. The average molecular weight is 212 g/mol. The summed E-state index contributed by atoms with van der Waals surface area (Å²) in [7, 11) is 0. The predicted octanol–water partition coefficient (Wildman–Crippen LogP) is 3.70. The van der Waals surface area contributed by atoms with E-state index in [2.05, 4.69) is 32.2 Å². The summed E-state index contributed by atoms with van der Waals surface area (Å²) >= 11 is 1.67. The van der Waals surface area contributed by atoms with Crippen LogP contribution in [0.1, 0.15) is 44.1 Å². The van der Waals surface area contributed by atoms with Crippen LogP contribution in [0.3, 0.4) is 0 Å². The molecule has 1 aromatic heterocycles. The van der Waals surface area contributed by atoms with Crippen LogP contribution >= 0.6 is 11.3 Å². The summed E-state index contributed by atoms with van der Waals surface area (Å²) in [5.74, 6) is 0.361. The average Bonchev–Trinajstić information content (AvgIpc) is 2.53. The van der Waals surface area contributed by atoms with Gasteiger partial charge in [0, 0.05) is 4.88 Å². The van der Waals surface area contributed by atoms with Crippen molar-refractivity contribution in [3.63, 3.8) is 0 Å². The van der Waals surface area contributed by atoms with E-state index in [0.29, 0.717) is 5.92 Å². The van der Waals surface area contributed by atoms with Crippen LogP contribution in [0.25, 0.3) is 0 Å². The van der Waals surface area contributed by atoms with Gasteiger partial charge in [0.25, 0.3) is 0 Å². The van der Waals surface area contributed by atoms with E-state index in [-0.39, 0.29) is 0 Å². The normalized spacial score (nSPS) is 15.9. The van der Waals surface area contributed by atoms with Crippen molar-refractivity contribution in [2.24, 2.45) is 5.92 Å². The monoisotopic (exact) mass is 212 g/mol. The van der Waals surface area contributed by atoms with Crippen LogP contribution in [-0.2, 0) is 5.60 Å². The summed E-state index contributed by atoms with van der Waals surface area (Å²) in [4.78, 5) is 1.13. The SMILES string of the molecule is CCC(CC)C(C)(O)c1sccc1C. The Bertz CT molecular complexity index is 284. The number of hydrogen-bond acceptors (Lipinski definition) is 2. The fourth-order valence-electron chi connectivity index (χ4n) is 2.16. The van der Waals surface area contributed by atoms with Gasteiger partial charge in [-0.1, -0.05) is 26.7 Å². The van der Waals surface area contributed by atoms with Crippen molar-refractivity contribution in [2.45, 2.75) is 46.1 Å². The predicted molar refractivity (Wildman–Crippen MR) is 62.7 cm³/mol. The highest BCUT2D eigenvalue weighted by Crippen LogP contribution is 2.38. The van der Waals surface area contributed by atoms with Crippen molar-refractivity contribution in [1.29, 1.82) is 0 Å². The smallest absolute Gasteiger partial charge is 0.0990 e. The first-order chi connectivity index (χ1) is 6.54. The molecule has 0 aromatic carbocycles. The molecule has 1 N–H and O–H groups in total. The fraction of sp³-hybridized carbons (Fsp3) is 0.667. The Morgan fingerprint density at radius 2 is 2.00 bits per heavy atom. The molecule has 0 fully saturated rings. The number of hydrogen-bond donors (Lipinski definition) is 1. The molecular formula is C12H20OS. The van der Waals surface area contributed by atoms with E-state index >= 15 is 0 Å². The van der Waals surface area contributed by atoms with Crippen molar-refractivity contribution in [3.8, 4) is 0 Å². The lowest BCUT2D eigenvalue weighted by Gasteiger charge is -2.31. The van der Waals surface area contributed by atoms with Crippen molar-refractivity contribution in [3.05, 3.63) is 21.9 Å². The van der Waals surface area contributed by atoms with Gasteiger partial charge in [-0.3, -0.25) is 0 Å². The molecule has 0 aliphatic heterocycles. The maximum atomic E-state index is 10.5. The fourth-order valence-corrected chi connectivity index (χ4v) is 3.23. The van der Waals surface area contributed by atoms with Gasteiger partial charge in [0.15, 0.2) is 0 Å². The van der Waals surface area contributed by atoms with Crippen molar-refractivity contribution in [1.82, 2.24) is 0 Å². The topological polar surface area (TPSA) is 20.2 Å². The molecule has 0 aliphatic rings. The lowest BCUT2D eigenvalue weighted by molar-refractivity contribution is -0.00657. The number of aryl methyl sites for hydroxylation is 1. The van der Waals surface area contributed by atoms with Gasteiger partial charge in [0.1, 0.15) is 0 Å². The Morgan fingerprint density at radius 3 is 2.36 bits per heavy atom. The molecule has 0 amide bonds. The third-order valence-electron chi connectivity index (χ3n) is 3.10. The zero-order chi connectivity index (χ0) is 10.8. The molecule has 0 radical (unpaired) electrons. The molecule has 14 heavy (non-hydrogen) atoms. The van der Waals surface area contributed by atoms with Crippen molar-refractivity contribution >= 4 is 11.3 Å². The van der Waals surface area contributed by atoms with E-state index in [4.69, 9.17) is 0 Å². The molecule has 0 aliphatic carbocycles. The molecule has 0 saturated heterocycles. The number of aliphatic hydroxyl groups is 1. The quantitative estimate of drug-likeness (QED) is 0.807. The van der Waals surface area contributed by atoms with Gasteiger partial charge < -0.3 is 5.11 Å². The molecule has 0 spiro atoms. The lowest BCUT2D eigenvalue weighted by Crippen LogP contribution is -2.30. The van der Waals surface area contributed by atoms with Gasteiger partial charge in [0.05, 0.1) is 5.60 Å². The van der Waals surface area contributed by atoms with E-state index in [1.54, 1.807) is 11.3 Å². The summed E-state index contributed by atoms with van der Waals surface area (Å²) in [5.41, 5.74) is 0.564. The molecule has 0 saturated carbocycles. The van der Waals surface area contributed by atoms with E-state index in [1.165, 1.54) is 5.56 Å². The molecule has 1 rings (SSSR count). The minimum absolute atomic E-state index is 0.361. The molecule has 0 bridgehead atoms. The Morgan fingerprint density at radius 1 is 1.43 bits per heavy atom. The summed E-state index contributed by atoms with van der Waals surface area (Å²) in [6.07, 6.45) is 2.06. The van der Waals surface area contributed by atoms with Gasteiger partial charge >= 0.3 is 0 Å². The third kappa shape index (κ3) is 2.01. The van der Waals surface area contributed by atoms with Gasteiger partial charge in [-0.25, -0.2) is 0 Å². The van der Waals surface area contributed by atoms with Crippen molar-refractivity contribution in [2.75, 3.05) is 0 Å². The standard InChI is InChI=1S/C12H20OS/c1-5-10(6-2)12(4,13)11-9(3)7-8-14-11/h7-8,10,13H,5-6H2,1-4H3. The molecule has 1 nitrogen and oxygen atoms in total. The third-order valence-corrected chi connectivity index (χ3v) is 4.35. The first kappa shape index (κ1) is 11.7.